The molecule has 1 aromatic carbocycles. The first kappa shape index (κ1) is 28.1. The molecule has 31 heavy (non-hydrogen) atoms. The van der Waals surface area contributed by atoms with E-state index in [9.17, 15) is 4.79 Å². The molecule has 0 atom stereocenters. The highest BCUT2D eigenvalue weighted by atomic mass is 32.2. The monoisotopic (exact) mass is 484 g/mol. The van der Waals surface area contributed by atoms with Crippen molar-refractivity contribution in [1.29, 1.82) is 0 Å². The number of hydrogen-bond donors (Lipinski definition) is 2. The van der Waals surface area contributed by atoms with Gasteiger partial charge < -0.3 is 9.64 Å². The van der Waals surface area contributed by atoms with Crippen molar-refractivity contribution < 1.29 is 9.53 Å². The smallest absolute Gasteiger partial charge is 0.411 e. The highest BCUT2D eigenvalue weighted by molar-refractivity contribution is 8.22. The van der Waals surface area contributed by atoms with Crippen LogP contribution in [0.2, 0.25) is 0 Å². The van der Waals surface area contributed by atoms with Crippen LogP contribution < -0.4 is 5.32 Å². The molecule has 0 unspecified atom stereocenters. The molecule has 0 aliphatic rings. The minimum absolute atomic E-state index is 0.381. The van der Waals surface area contributed by atoms with Gasteiger partial charge in [0.25, 0.3) is 0 Å². The summed E-state index contributed by atoms with van der Waals surface area (Å²) < 4.78 is 6.22. The Labute approximate surface area is 204 Å². The lowest BCUT2D eigenvalue weighted by molar-refractivity contribution is 0.159. The molecule has 0 saturated heterocycles. The summed E-state index contributed by atoms with van der Waals surface area (Å²) in [5.74, 6) is 1.83. The van der Waals surface area contributed by atoms with E-state index in [0.717, 1.165) is 47.4 Å². The molecule has 1 N–H and O–H groups in total. The Morgan fingerprint density at radius 3 is 2.06 bits per heavy atom. The van der Waals surface area contributed by atoms with Gasteiger partial charge in [0.15, 0.2) is 0 Å². The summed E-state index contributed by atoms with van der Waals surface area (Å²) in [5, 5.41) is 2.80. The van der Waals surface area contributed by atoms with Gasteiger partial charge in [-0.2, -0.15) is 12.6 Å². The average Bonchev–Trinajstić information content (AvgIpc) is 2.78. The fraction of sp³-hybridized carbons (Fsp3) is 0.667. The lowest BCUT2D eigenvalue weighted by Crippen LogP contribution is -2.26. The van der Waals surface area contributed by atoms with Gasteiger partial charge in [-0.3, -0.25) is 5.32 Å². The van der Waals surface area contributed by atoms with Crippen LogP contribution in [0.25, 0.3) is 0 Å². The van der Waals surface area contributed by atoms with Crippen LogP contribution >= 0.6 is 36.6 Å². The number of carbonyl (C=O) groups excluding carboxylic acids is 1. The zero-order valence-electron chi connectivity index (χ0n) is 19.2. The second-order valence-corrected chi connectivity index (χ2v) is 9.65. The molecule has 0 aliphatic heterocycles. The molecule has 176 valence electrons. The summed E-state index contributed by atoms with van der Waals surface area (Å²) >= 11 is 11.4. The normalized spacial score (nSPS) is 10.7. The van der Waals surface area contributed by atoms with Gasteiger partial charge in [0.05, 0.1) is 6.61 Å². The van der Waals surface area contributed by atoms with Crippen LogP contribution in [0, 0.1) is 0 Å². The molecule has 7 heteroatoms. The molecule has 1 rings (SSSR count). The lowest BCUT2D eigenvalue weighted by Gasteiger charge is -2.20. The van der Waals surface area contributed by atoms with Crippen LogP contribution in [0.5, 0.6) is 0 Å². The number of nitrogens with one attached hydrogen (secondary N) is 1. The first-order valence-electron chi connectivity index (χ1n) is 11.7. The Morgan fingerprint density at radius 1 is 0.968 bits per heavy atom. The van der Waals surface area contributed by atoms with E-state index >= 15 is 0 Å². The molecular weight excluding hydrogens is 444 g/mol. The van der Waals surface area contributed by atoms with Crippen LogP contribution in [0.15, 0.2) is 24.3 Å². The number of thiol groups is 1. The van der Waals surface area contributed by atoms with Crippen LogP contribution in [0.4, 0.5) is 10.5 Å². The van der Waals surface area contributed by atoms with E-state index in [1.807, 2.05) is 24.3 Å². The van der Waals surface area contributed by atoms with E-state index in [1.54, 1.807) is 11.8 Å². The molecule has 0 spiro atoms. The fourth-order valence-corrected chi connectivity index (χ4v) is 4.75. The van der Waals surface area contributed by atoms with Crippen LogP contribution in [0.3, 0.4) is 0 Å². The van der Waals surface area contributed by atoms with Crippen LogP contribution in [-0.4, -0.2) is 40.8 Å². The number of carbonyl (C=O) groups is 1. The van der Waals surface area contributed by atoms with Crippen LogP contribution in [-0.2, 0) is 10.5 Å². The van der Waals surface area contributed by atoms with Gasteiger partial charge in [-0.15, -0.1) is 0 Å². The molecule has 1 amide bonds. The third kappa shape index (κ3) is 14.0. The van der Waals surface area contributed by atoms with Crippen molar-refractivity contribution in [3.05, 3.63) is 29.8 Å². The molecule has 0 saturated carbocycles. The van der Waals surface area contributed by atoms with Crippen molar-refractivity contribution in [2.75, 3.05) is 30.8 Å². The zero-order chi connectivity index (χ0) is 22.7. The quantitative estimate of drug-likeness (QED) is 0.144. The van der Waals surface area contributed by atoms with Crippen molar-refractivity contribution in [3.63, 3.8) is 0 Å². The highest BCUT2D eigenvalue weighted by Crippen LogP contribution is 2.19. The summed E-state index contributed by atoms with van der Waals surface area (Å²) in [6.45, 7) is 6.58. The Hall–Kier alpha value is -0.920. The Kier molecular flexibility index (Phi) is 16.9. The molecular formula is C24H40N2O2S3. The molecule has 0 radical (unpaired) electrons. The van der Waals surface area contributed by atoms with Crippen molar-refractivity contribution in [1.82, 2.24) is 4.90 Å². The molecule has 0 fully saturated rings. The number of anilines is 1. The van der Waals surface area contributed by atoms with Gasteiger partial charge >= 0.3 is 6.09 Å². The van der Waals surface area contributed by atoms with Gasteiger partial charge in [-0.05, 0) is 50.1 Å². The second kappa shape index (κ2) is 18.6. The number of amides is 1. The van der Waals surface area contributed by atoms with Crippen molar-refractivity contribution >= 4 is 52.7 Å². The van der Waals surface area contributed by atoms with E-state index in [2.05, 4.69) is 36.7 Å². The van der Waals surface area contributed by atoms with Gasteiger partial charge in [-0.1, -0.05) is 81.1 Å². The standard InChI is InChI=1S/C24H40N2O2S3/c1-3-26(4-2)24(30)31-20-21-14-16-22(17-15-21)25-23(27)28-18-12-10-8-6-5-7-9-11-13-19-29/h14-17,29H,3-13,18-20H2,1-2H3,(H,25,27). The maximum Gasteiger partial charge on any atom is 0.411 e. The third-order valence-electron chi connectivity index (χ3n) is 5.12. The van der Waals surface area contributed by atoms with Crippen LogP contribution in [0.1, 0.15) is 77.2 Å². The van der Waals surface area contributed by atoms with E-state index in [0.29, 0.717) is 6.61 Å². The average molecular weight is 485 g/mol. The van der Waals surface area contributed by atoms with E-state index in [4.69, 9.17) is 17.0 Å². The predicted molar refractivity (Wildman–Crippen MR) is 144 cm³/mol. The fourth-order valence-electron chi connectivity index (χ4n) is 3.17. The topological polar surface area (TPSA) is 41.6 Å². The number of thioether (sulfide) groups is 1. The van der Waals surface area contributed by atoms with E-state index < -0.39 is 0 Å². The van der Waals surface area contributed by atoms with Gasteiger partial charge in [-0.25, -0.2) is 4.79 Å². The van der Waals surface area contributed by atoms with Crippen molar-refractivity contribution in [2.24, 2.45) is 0 Å². The number of unbranched alkanes of at least 4 members (excludes halogenated alkanes) is 8. The minimum Gasteiger partial charge on any atom is -0.449 e. The third-order valence-corrected chi connectivity index (χ3v) is 7.03. The predicted octanol–water partition coefficient (Wildman–Crippen LogP) is 7.54. The molecule has 0 aliphatic carbocycles. The molecule has 0 aromatic heterocycles. The largest absolute Gasteiger partial charge is 0.449 e. The molecule has 0 heterocycles. The zero-order valence-corrected chi connectivity index (χ0v) is 21.8. The van der Waals surface area contributed by atoms with Gasteiger partial charge in [0.1, 0.15) is 4.32 Å². The molecule has 4 nitrogen and oxygen atoms in total. The summed E-state index contributed by atoms with van der Waals surface area (Å²) in [5.41, 5.74) is 1.93. The van der Waals surface area contributed by atoms with Crippen molar-refractivity contribution in [3.8, 4) is 0 Å². The minimum atomic E-state index is -0.381. The first-order chi connectivity index (χ1) is 15.1. The first-order valence-corrected chi connectivity index (χ1v) is 13.7. The number of nitrogens with zero attached hydrogens (tertiary/aromatic N) is 1. The SMILES string of the molecule is CCN(CC)C(=S)SCc1ccc(NC(=O)OCCCCCCCCCCCS)cc1. The number of benzene rings is 1. The second-order valence-electron chi connectivity index (χ2n) is 7.59. The Morgan fingerprint density at radius 2 is 1.52 bits per heavy atom. The van der Waals surface area contributed by atoms with Crippen molar-refractivity contribution in [2.45, 2.75) is 77.4 Å². The number of hydrogen-bond acceptors (Lipinski definition) is 5. The lowest BCUT2D eigenvalue weighted by atomic mass is 10.1. The summed E-state index contributed by atoms with van der Waals surface area (Å²) in [6, 6.07) is 7.86. The number of thiocarbonyl (C=S) groups is 1. The van der Waals surface area contributed by atoms with E-state index in [-0.39, 0.29) is 6.09 Å². The van der Waals surface area contributed by atoms with Gasteiger partial charge in [0.2, 0.25) is 0 Å². The summed E-state index contributed by atoms with van der Waals surface area (Å²) in [6.07, 6.45) is 10.7. The molecule has 0 bridgehead atoms. The number of rotatable bonds is 16. The highest BCUT2D eigenvalue weighted by Gasteiger charge is 2.07. The maximum absolute atomic E-state index is 11.9. The Bertz CT molecular complexity index is 607. The maximum atomic E-state index is 11.9. The van der Waals surface area contributed by atoms with Gasteiger partial charge in [0, 0.05) is 24.5 Å². The summed E-state index contributed by atoms with van der Waals surface area (Å²) in [7, 11) is 0. The van der Waals surface area contributed by atoms with E-state index in [1.165, 1.54) is 50.5 Å². The summed E-state index contributed by atoms with van der Waals surface area (Å²) in [4.78, 5) is 14.1. The Balaban J connectivity index is 2.11. The number of ether oxygens (including phenoxy) is 1. The molecule has 1 aromatic rings.